The predicted molar refractivity (Wildman–Crippen MR) is 171 cm³/mol. The van der Waals surface area contributed by atoms with E-state index in [4.69, 9.17) is 23.9 Å². The Hall–Kier alpha value is -4.57. The normalized spacial score (nSPS) is 16.0. The van der Waals surface area contributed by atoms with E-state index in [1.165, 1.54) is 16.2 Å². The molecule has 1 saturated heterocycles. The molecule has 4 aromatic rings. The smallest absolute Gasteiger partial charge is 0.301 e. The molecule has 1 N–H and O–H groups in total. The van der Waals surface area contributed by atoms with Crippen molar-refractivity contribution in [3.8, 4) is 23.0 Å². The van der Waals surface area contributed by atoms with Crippen molar-refractivity contribution in [2.75, 3.05) is 31.8 Å². The number of Topliss-reactive ketones (excluding diaryl/α,β-unsaturated/α-hetero) is 1. The number of thiazole rings is 1. The van der Waals surface area contributed by atoms with Gasteiger partial charge in [0.05, 0.1) is 48.8 Å². The maximum atomic E-state index is 13.7. The van der Waals surface area contributed by atoms with E-state index in [-0.39, 0.29) is 11.3 Å². The third-order valence-corrected chi connectivity index (χ3v) is 8.28. The monoisotopic (exact) mass is 616 g/mol. The van der Waals surface area contributed by atoms with Crippen molar-refractivity contribution >= 4 is 44.1 Å². The lowest BCUT2D eigenvalue weighted by atomic mass is 9.95. The minimum atomic E-state index is -0.975. The van der Waals surface area contributed by atoms with Crippen LogP contribution in [0.1, 0.15) is 57.2 Å². The van der Waals surface area contributed by atoms with Crippen LogP contribution < -0.4 is 23.8 Å². The van der Waals surface area contributed by atoms with Gasteiger partial charge in [0.1, 0.15) is 17.3 Å². The molecule has 5 rings (SSSR count). The van der Waals surface area contributed by atoms with Gasteiger partial charge in [-0.05, 0) is 80.4 Å². The summed E-state index contributed by atoms with van der Waals surface area (Å²) in [6.07, 6.45) is 3.03. The molecule has 1 unspecified atom stereocenters. The minimum Gasteiger partial charge on any atom is -0.507 e. The molecule has 0 radical (unpaired) electrons. The second-order valence-electron chi connectivity index (χ2n) is 10.2. The molecule has 1 aliphatic rings. The molecule has 44 heavy (non-hydrogen) atoms. The number of hydrogen-bond acceptors (Lipinski definition) is 9. The number of hydrogen-bond donors (Lipinski definition) is 1. The predicted octanol–water partition coefficient (Wildman–Crippen LogP) is 7.30. The van der Waals surface area contributed by atoms with Crippen molar-refractivity contribution in [1.82, 2.24) is 4.98 Å². The Kier molecular flexibility index (Phi) is 9.69. The number of amides is 1. The van der Waals surface area contributed by atoms with E-state index in [0.717, 1.165) is 24.0 Å². The van der Waals surface area contributed by atoms with Gasteiger partial charge in [-0.1, -0.05) is 37.2 Å². The molecule has 0 spiro atoms. The fourth-order valence-corrected chi connectivity index (χ4v) is 6.16. The standard InChI is InChI=1S/C34H36N2O7S/c1-5-8-9-18-43-26-17-12-22(19-27(26)40-4)30-29(31(37)21-10-13-23(14-11-21)41-6-2)32(38)33(39)36(30)34-35-25-16-15-24(42-7-3)20-28(25)44-34/h10-17,19-20,30,37H,5-9,18H2,1-4H3/b31-29+. The van der Waals surface area contributed by atoms with Crippen molar-refractivity contribution in [3.05, 3.63) is 77.4 Å². The molecule has 0 bridgehead atoms. The second-order valence-corrected chi connectivity index (χ2v) is 11.2. The summed E-state index contributed by atoms with van der Waals surface area (Å²) >= 11 is 1.27. The van der Waals surface area contributed by atoms with E-state index >= 15 is 0 Å². The summed E-state index contributed by atoms with van der Waals surface area (Å²) in [6.45, 7) is 7.45. The highest BCUT2D eigenvalue weighted by Gasteiger charge is 2.48. The number of ether oxygens (including phenoxy) is 4. The molecule has 1 amide bonds. The number of aromatic nitrogens is 1. The molecule has 1 aliphatic heterocycles. The zero-order chi connectivity index (χ0) is 31.2. The molecule has 1 fully saturated rings. The first-order chi connectivity index (χ1) is 21.4. The topological polar surface area (TPSA) is 107 Å². The van der Waals surface area contributed by atoms with Gasteiger partial charge < -0.3 is 24.1 Å². The summed E-state index contributed by atoms with van der Waals surface area (Å²) < 4.78 is 23.6. The zero-order valence-electron chi connectivity index (χ0n) is 25.3. The molecule has 3 aromatic carbocycles. The quantitative estimate of drug-likeness (QED) is 0.0722. The Morgan fingerprint density at radius 1 is 0.886 bits per heavy atom. The van der Waals surface area contributed by atoms with Crippen LogP contribution in [0.4, 0.5) is 5.13 Å². The zero-order valence-corrected chi connectivity index (χ0v) is 26.1. The summed E-state index contributed by atoms with van der Waals surface area (Å²) in [6, 6.07) is 16.5. The first-order valence-electron chi connectivity index (χ1n) is 14.8. The molecule has 9 nitrogen and oxygen atoms in total. The largest absolute Gasteiger partial charge is 0.507 e. The number of fused-ring (bicyclic) bond motifs is 1. The Bertz CT molecular complexity index is 1680. The summed E-state index contributed by atoms with van der Waals surface area (Å²) in [5.41, 5.74) is 1.55. The van der Waals surface area contributed by atoms with Gasteiger partial charge in [-0.3, -0.25) is 14.5 Å². The van der Waals surface area contributed by atoms with Crippen LogP contribution in [0.25, 0.3) is 16.0 Å². The van der Waals surface area contributed by atoms with Crippen molar-refractivity contribution < 1.29 is 33.6 Å². The van der Waals surface area contributed by atoms with Crippen molar-refractivity contribution in [2.45, 2.75) is 46.1 Å². The average Bonchev–Trinajstić information content (AvgIpc) is 3.57. The number of unbranched alkanes of at least 4 members (excludes halogenated alkanes) is 2. The Labute approximate surface area is 260 Å². The molecule has 0 aliphatic carbocycles. The van der Waals surface area contributed by atoms with Gasteiger partial charge in [0, 0.05) is 5.56 Å². The Morgan fingerprint density at radius 3 is 2.32 bits per heavy atom. The van der Waals surface area contributed by atoms with Crippen LogP contribution in [0.5, 0.6) is 23.0 Å². The van der Waals surface area contributed by atoms with Crippen LogP contribution in [-0.4, -0.2) is 48.7 Å². The number of aliphatic hydroxyl groups is 1. The van der Waals surface area contributed by atoms with Crippen LogP contribution >= 0.6 is 11.3 Å². The van der Waals surface area contributed by atoms with Gasteiger partial charge in [0.15, 0.2) is 16.6 Å². The van der Waals surface area contributed by atoms with Crippen molar-refractivity contribution in [1.29, 1.82) is 0 Å². The van der Waals surface area contributed by atoms with E-state index in [1.807, 2.05) is 32.0 Å². The van der Waals surface area contributed by atoms with Gasteiger partial charge >= 0.3 is 5.91 Å². The first kappa shape index (κ1) is 30.9. The highest BCUT2D eigenvalue weighted by Crippen LogP contribution is 2.46. The SMILES string of the molecule is CCCCCOc1ccc(C2/C(=C(\O)c3ccc(OCC)cc3)C(=O)C(=O)N2c2nc3ccc(OCC)cc3s2)cc1OC. The lowest BCUT2D eigenvalue weighted by molar-refractivity contribution is -0.132. The number of benzene rings is 3. The number of anilines is 1. The lowest BCUT2D eigenvalue weighted by Crippen LogP contribution is -2.29. The summed E-state index contributed by atoms with van der Waals surface area (Å²) in [5.74, 6) is 0.429. The average molecular weight is 617 g/mol. The number of aliphatic hydroxyl groups excluding tert-OH is 1. The van der Waals surface area contributed by atoms with Gasteiger partial charge in [-0.15, -0.1) is 0 Å². The van der Waals surface area contributed by atoms with Gasteiger partial charge in [0.2, 0.25) is 0 Å². The third kappa shape index (κ3) is 6.21. The first-order valence-corrected chi connectivity index (χ1v) is 15.6. The number of nitrogens with zero attached hydrogens (tertiary/aromatic N) is 2. The molecule has 0 saturated carbocycles. The van der Waals surface area contributed by atoms with E-state index in [1.54, 1.807) is 49.6 Å². The van der Waals surface area contributed by atoms with E-state index in [9.17, 15) is 14.7 Å². The van der Waals surface area contributed by atoms with Crippen molar-refractivity contribution in [2.24, 2.45) is 0 Å². The van der Waals surface area contributed by atoms with E-state index < -0.39 is 17.7 Å². The molecule has 1 atom stereocenters. The Balaban J connectivity index is 1.63. The lowest BCUT2D eigenvalue weighted by Gasteiger charge is -2.24. The molecule has 230 valence electrons. The molecular formula is C34H36N2O7S. The van der Waals surface area contributed by atoms with Crippen LogP contribution in [0.2, 0.25) is 0 Å². The third-order valence-electron chi connectivity index (χ3n) is 7.26. The van der Waals surface area contributed by atoms with Crippen LogP contribution in [0, 0.1) is 0 Å². The summed E-state index contributed by atoms with van der Waals surface area (Å²) in [4.78, 5) is 33.5. The number of carbonyl (C=O) groups excluding carboxylic acids is 2. The minimum absolute atomic E-state index is 0.0490. The summed E-state index contributed by atoms with van der Waals surface area (Å²) in [7, 11) is 1.54. The molecule has 10 heteroatoms. The van der Waals surface area contributed by atoms with E-state index in [0.29, 0.717) is 64.6 Å². The molecular weight excluding hydrogens is 580 g/mol. The van der Waals surface area contributed by atoms with Gasteiger partial charge in [-0.2, -0.15) is 0 Å². The number of methoxy groups -OCH3 is 1. The van der Waals surface area contributed by atoms with Crippen LogP contribution in [0.15, 0.2) is 66.2 Å². The van der Waals surface area contributed by atoms with Gasteiger partial charge in [-0.25, -0.2) is 4.98 Å². The van der Waals surface area contributed by atoms with E-state index in [2.05, 4.69) is 6.92 Å². The highest BCUT2D eigenvalue weighted by molar-refractivity contribution is 7.22. The Morgan fingerprint density at radius 2 is 1.61 bits per heavy atom. The van der Waals surface area contributed by atoms with Crippen LogP contribution in [-0.2, 0) is 9.59 Å². The van der Waals surface area contributed by atoms with Crippen molar-refractivity contribution in [3.63, 3.8) is 0 Å². The molecule has 1 aromatic heterocycles. The van der Waals surface area contributed by atoms with Gasteiger partial charge in [0.25, 0.3) is 5.78 Å². The number of ketones is 1. The molecule has 2 heterocycles. The fourth-order valence-electron chi connectivity index (χ4n) is 5.14. The maximum absolute atomic E-state index is 13.7. The number of carbonyl (C=O) groups is 2. The maximum Gasteiger partial charge on any atom is 0.301 e. The second kappa shape index (κ2) is 13.8. The highest BCUT2D eigenvalue weighted by atomic mass is 32.1. The number of rotatable bonds is 13. The fraction of sp³-hybridized carbons (Fsp3) is 0.324. The summed E-state index contributed by atoms with van der Waals surface area (Å²) in [5, 5.41) is 11.9. The van der Waals surface area contributed by atoms with Crippen LogP contribution in [0.3, 0.4) is 0 Å².